The first-order valence-corrected chi connectivity index (χ1v) is 5.38. The van der Waals surface area contributed by atoms with E-state index in [1.807, 2.05) is 0 Å². The lowest BCUT2D eigenvalue weighted by Crippen LogP contribution is -2.33. The first-order chi connectivity index (χ1) is 8.02. The van der Waals surface area contributed by atoms with Gasteiger partial charge in [-0.2, -0.15) is 0 Å². The summed E-state index contributed by atoms with van der Waals surface area (Å²) in [5, 5.41) is 0.349. The summed E-state index contributed by atoms with van der Waals surface area (Å²) in [5.74, 6) is -0.731. The fraction of sp³-hybridized carbons (Fsp3) is 0.308. The number of benzene rings is 1. The number of hydrogen-bond acceptors (Lipinski definition) is 3. The number of ketones is 1. The molecule has 1 aromatic carbocycles. The molecule has 0 bridgehead atoms. The molecule has 1 aromatic heterocycles. The number of likely N-dealkylation sites (N-methyl/N-ethyl adjacent to an activating group) is 1. The Balaban J connectivity index is 2.48. The Kier molecular flexibility index (Phi) is 2.98. The van der Waals surface area contributed by atoms with E-state index < -0.39 is 5.82 Å². The number of Topliss-reactive ketones (excluding diaryl/α,β-unsaturated/α-hetero) is 1. The zero-order valence-corrected chi connectivity index (χ0v) is 10.0. The number of halogens is 1. The van der Waals surface area contributed by atoms with Crippen molar-refractivity contribution < 1.29 is 13.6 Å². The highest BCUT2D eigenvalue weighted by atomic mass is 19.1. The summed E-state index contributed by atoms with van der Waals surface area (Å²) in [5.41, 5.74) is 0.566. The number of carbonyl (C=O) groups excluding carboxylic acids is 1. The Labute approximate surface area is 98.8 Å². The van der Waals surface area contributed by atoms with E-state index in [1.165, 1.54) is 18.4 Å². The lowest BCUT2D eigenvalue weighted by Gasteiger charge is -2.18. The number of nitrogens with zero attached hydrogens (tertiary/aromatic N) is 1. The van der Waals surface area contributed by atoms with Gasteiger partial charge in [-0.1, -0.05) is 0 Å². The molecule has 0 aliphatic rings. The maximum atomic E-state index is 14.1. The predicted molar refractivity (Wildman–Crippen MR) is 63.7 cm³/mol. The molecule has 0 amide bonds. The molecule has 0 saturated heterocycles. The quantitative estimate of drug-likeness (QED) is 0.767. The van der Waals surface area contributed by atoms with Crippen LogP contribution in [0.3, 0.4) is 0 Å². The fourth-order valence-corrected chi connectivity index (χ4v) is 1.66. The molecule has 0 aliphatic carbocycles. The maximum absolute atomic E-state index is 14.1. The van der Waals surface area contributed by atoms with Crippen molar-refractivity contribution >= 4 is 16.8 Å². The molecule has 17 heavy (non-hydrogen) atoms. The molecule has 4 heteroatoms. The second-order valence-corrected chi connectivity index (χ2v) is 4.26. The highest BCUT2D eigenvalue weighted by Gasteiger charge is 2.22. The van der Waals surface area contributed by atoms with Crippen LogP contribution >= 0.6 is 0 Å². The Bertz CT molecular complexity index is 560. The minimum absolute atomic E-state index is 0.111. The molecule has 2 rings (SSSR count). The first kappa shape index (κ1) is 11.8. The molecule has 3 nitrogen and oxygen atoms in total. The van der Waals surface area contributed by atoms with E-state index in [9.17, 15) is 9.18 Å². The second-order valence-electron chi connectivity index (χ2n) is 4.26. The molecule has 1 unspecified atom stereocenters. The first-order valence-electron chi connectivity index (χ1n) is 5.38. The zero-order chi connectivity index (χ0) is 12.6. The van der Waals surface area contributed by atoms with Crippen molar-refractivity contribution in [2.75, 3.05) is 14.1 Å². The predicted octanol–water partition coefficient (Wildman–Crippen LogP) is 2.70. The summed E-state index contributed by atoms with van der Waals surface area (Å²) >= 11 is 0. The topological polar surface area (TPSA) is 33.5 Å². The third-order valence-corrected chi connectivity index (χ3v) is 2.99. The molecule has 1 atom stereocenters. The third kappa shape index (κ3) is 1.96. The van der Waals surface area contributed by atoms with Crippen molar-refractivity contribution in [1.82, 2.24) is 4.90 Å². The van der Waals surface area contributed by atoms with Gasteiger partial charge < -0.3 is 4.42 Å². The number of carbonyl (C=O) groups is 1. The van der Waals surface area contributed by atoms with Crippen LogP contribution in [0.2, 0.25) is 0 Å². The molecule has 0 N–H and O–H groups in total. The van der Waals surface area contributed by atoms with Crippen LogP contribution < -0.4 is 0 Å². The molecule has 0 saturated carbocycles. The third-order valence-electron chi connectivity index (χ3n) is 2.99. The van der Waals surface area contributed by atoms with Gasteiger partial charge in [0.1, 0.15) is 11.4 Å². The van der Waals surface area contributed by atoms with Crippen LogP contribution in [0.4, 0.5) is 4.39 Å². The van der Waals surface area contributed by atoms with Crippen LogP contribution in [0.15, 0.2) is 28.9 Å². The summed E-state index contributed by atoms with van der Waals surface area (Å²) in [6.07, 6.45) is 1.41. The van der Waals surface area contributed by atoms with Crippen LogP contribution in [-0.4, -0.2) is 30.8 Å². The van der Waals surface area contributed by atoms with Gasteiger partial charge in [-0.3, -0.25) is 9.69 Å². The Morgan fingerprint density at radius 2 is 2.06 bits per heavy atom. The summed E-state index contributed by atoms with van der Waals surface area (Å²) in [6.45, 7) is 1.75. The summed E-state index contributed by atoms with van der Waals surface area (Å²) in [4.78, 5) is 13.8. The average Bonchev–Trinajstić information content (AvgIpc) is 2.76. The highest BCUT2D eigenvalue weighted by Crippen LogP contribution is 2.23. The van der Waals surface area contributed by atoms with Crippen molar-refractivity contribution in [3.63, 3.8) is 0 Å². The van der Waals surface area contributed by atoms with E-state index in [4.69, 9.17) is 4.42 Å². The van der Waals surface area contributed by atoms with Gasteiger partial charge in [0, 0.05) is 0 Å². The monoisotopic (exact) mass is 235 g/mol. The summed E-state index contributed by atoms with van der Waals surface area (Å²) in [6, 6.07) is 4.27. The Morgan fingerprint density at radius 3 is 2.71 bits per heavy atom. The Hall–Kier alpha value is -1.68. The maximum Gasteiger partial charge on any atom is 0.182 e. The minimum Gasteiger partial charge on any atom is -0.464 e. The minimum atomic E-state index is -0.505. The molecule has 2 aromatic rings. The molecule has 0 aliphatic heterocycles. The number of hydrogen-bond donors (Lipinski definition) is 0. The van der Waals surface area contributed by atoms with Gasteiger partial charge in [-0.25, -0.2) is 4.39 Å². The van der Waals surface area contributed by atoms with Crippen LogP contribution in [0.5, 0.6) is 0 Å². The van der Waals surface area contributed by atoms with Crippen LogP contribution in [-0.2, 0) is 0 Å². The number of furan rings is 1. The molecule has 1 heterocycles. The summed E-state index contributed by atoms with van der Waals surface area (Å²) in [7, 11) is 3.58. The zero-order valence-electron chi connectivity index (χ0n) is 10.0. The van der Waals surface area contributed by atoms with Gasteiger partial charge in [0.2, 0.25) is 0 Å². The van der Waals surface area contributed by atoms with Crippen LogP contribution in [0.1, 0.15) is 17.3 Å². The van der Waals surface area contributed by atoms with Crippen molar-refractivity contribution in [2.24, 2.45) is 0 Å². The normalized spacial score (nSPS) is 13.2. The largest absolute Gasteiger partial charge is 0.464 e. The van der Waals surface area contributed by atoms with Crippen molar-refractivity contribution in [3.05, 3.63) is 35.8 Å². The lowest BCUT2D eigenvalue weighted by molar-refractivity contribution is 0.0887. The smallest absolute Gasteiger partial charge is 0.182 e. The van der Waals surface area contributed by atoms with Gasteiger partial charge in [0.05, 0.1) is 23.3 Å². The van der Waals surface area contributed by atoms with E-state index in [1.54, 1.807) is 32.0 Å². The lowest BCUT2D eigenvalue weighted by atomic mass is 10.0. The average molecular weight is 235 g/mol. The van der Waals surface area contributed by atoms with Crippen molar-refractivity contribution in [3.8, 4) is 0 Å². The van der Waals surface area contributed by atoms with Crippen molar-refractivity contribution in [1.29, 1.82) is 0 Å². The van der Waals surface area contributed by atoms with Gasteiger partial charge >= 0.3 is 0 Å². The number of rotatable bonds is 3. The van der Waals surface area contributed by atoms with Crippen LogP contribution in [0.25, 0.3) is 11.0 Å². The summed E-state index contributed by atoms with van der Waals surface area (Å²) < 4.78 is 19.2. The van der Waals surface area contributed by atoms with E-state index in [-0.39, 0.29) is 17.4 Å². The molecule has 0 radical (unpaired) electrons. The molecular weight excluding hydrogens is 221 g/mol. The van der Waals surface area contributed by atoms with E-state index >= 15 is 0 Å². The molecule has 90 valence electrons. The molecule has 0 spiro atoms. The standard InChI is InChI=1S/C13H14FNO2/c1-8(15(2)3)13(16)10-4-5-11-9(12(10)14)6-7-17-11/h4-8H,1-3H3. The molecule has 0 fully saturated rings. The van der Waals surface area contributed by atoms with E-state index in [2.05, 4.69) is 0 Å². The second kappa shape index (κ2) is 4.30. The van der Waals surface area contributed by atoms with Gasteiger partial charge in [-0.15, -0.1) is 0 Å². The Morgan fingerprint density at radius 1 is 1.35 bits per heavy atom. The van der Waals surface area contributed by atoms with E-state index in [0.29, 0.717) is 11.0 Å². The van der Waals surface area contributed by atoms with Crippen molar-refractivity contribution in [2.45, 2.75) is 13.0 Å². The molecular formula is C13H14FNO2. The van der Waals surface area contributed by atoms with Crippen LogP contribution in [0, 0.1) is 5.82 Å². The van der Waals surface area contributed by atoms with Gasteiger partial charge in [-0.05, 0) is 39.2 Å². The SMILES string of the molecule is CC(C(=O)c1ccc2occc2c1F)N(C)C. The van der Waals surface area contributed by atoms with Gasteiger partial charge in [0.15, 0.2) is 5.78 Å². The highest BCUT2D eigenvalue weighted by molar-refractivity contribution is 6.02. The number of fused-ring (bicyclic) bond motifs is 1. The fourth-order valence-electron chi connectivity index (χ4n) is 1.66. The van der Waals surface area contributed by atoms with Gasteiger partial charge in [0.25, 0.3) is 0 Å². The van der Waals surface area contributed by atoms with E-state index in [0.717, 1.165) is 0 Å².